The zero-order chi connectivity index (χ0) is 20.3. The molecule has 0 bridgehead atoms. The predicted octanol–water partition coefficient (Wildman–Crippen LogP) is 5.80. The molecule has 1 aliphatic carbocycles. The van der Waals surface area contributed by atoms with Crippen molar-refractivity contribution >= 4 is 17.3 Å². The van der Waals surface area contributed by atoms with E-state index in [0.717, 1.165) is 36.2 Å². The van der Waals surface area contributed by atoms with Gasteiger partial charge in [0.05, 0.1) is 11.3 Å². The van der Waals surface area contributed by atoms with Crippen LogP contribution in [-0.2, 0) is 11.0 Å². The number of hydrogen-bond donors (Lipinski definition) is 2. The molecule has 2 aromatic rings. The Morgan fingerprint density at radius 2 is 1.79 bits per heavy atom. The second-order valence-corrected chi connectivity index (χ2v) is 7.11. The summed E-state index contributed by atoms with van der Waals surface area (Å²) in [4.78, 5) is 12.6. The molecular formula is C21H22F4N2O. The van der Waals surface area contributed by atoms with Crippen LogP contribution in [-0.4, -0.2) is 13.0 Å². The van der Waals surface area contributed by atoms with Crippen LogP contribution in [0.15, 0.2) is 42.5 Å². The van der Waals surface area contributed by atoms with E-state index in [1.165, 1.54) is 0 Å². The van der Waals surface area contributed by atoms with Gasteiger partial charge >= 0.3 is 6.18 Å². The van der Waals surface area contributed by atoms with Crippen molar-refractivity contribution in [3.8, 4) is 0 Å². The van der Waals surface area contributed by atoms with E-state index in [1.807, 2.05) is 31.3 Å². The summed E-state index contributed by atoms with van der Waals surface area (Å²) < 4.78 is 51.9. The van der Waals surface area contributed by atoms with Crippen LogP contribution in [0.25, 0.3) is 0 Å². The third kappa shape index (κ3) is 4.64. The average molecular weight is 394 g/mol. The Kier molecular flexibility index (Phi) is 5.91. The normalized spacial score (nSPS) is 19.9. The minimum absolute atomic E-state index is 0.224. The molecule has 150 valence electrons. The van der Waals surface area contributed by atoms with E-state index in [9.17, 15) is 22.4 Å². The fraction of sp³-hybridized carbons (Fsp3) is 0.381. The lowest BCUT2D eigenvalue weighted by Gasteiger charge is -2.29. The molecule has 3 rings (SSSR count). The number of alkyl halides is 3. The molecule has 3 nitrogen and oxygen atoms in total. The lowest BCUT2D eigenvalue weighted by molar-refractivity contribution is -0.137. The fourth-order valence-corrected chi connectivity index (χ4v) is 3.68. The number of halogens is 4. The maximum atomic E-state index is 14.0. The third-order valence-corrected chi connectivity index (χ3v) is 5.27. The molecule has 0 heterocycles. The number of amides is 1. The Balaban J connectivity index is 1.67. The molecule has 0 aliphatic heterocycles. The molecule has 1 aliphatic rings. The molecule has 2 atom stereocenters. The first-order valence-electron chi connectivity index (χ1n) is 9.23. The molecule has 7 heteroatoms. The van der Waals surface area contributed by atoms with Crippen molar-refractivity contribution in [1.29, 1.82) is 0 Å². The van der Waals surface area contributed by atoms with Crippen LogP contribution in [0.5, 0.6) is 0 Å². The van der Waals surface area contributed by atoms with Crippen LogP contribution >= 0.6 is 0 Å². The first-order chi connectivity index (χ1) is 13.3. The highest BCUT2D eigenvalue weighted by molar-refractivity contribution is 5.92. The first-order valence-corrected chi connectivity index (χ1v) is 9.23. The summed E-state index contributed by atoms with van der Waals surface area (Å²) >= 11 is 0. The molecule has 2 aromatic carbocycles. The van der Waals surface area contributed by atoms with Crippen molar-refractivity contribution in [2.24, 2.45) is 5.92 Å². The number of rotatable bonds is 4. The van der Waals surface area contributed by atoms with Gasteiger partial charge in [-0.1, -0.05) is 18.6 Å². The topological polar surface area (TPSA) is 41.1 Å². The summed E-state index contributed by atoms with van der Waals surface area (Å²) in [6.45, 7) is 0. The molecule has 0 spiro atoms. The largest absolute Gasteiger partial charge is 0.416 e. The Morgan fingerprint density at radius 1 is 1.07 bits per heavy atom. The zero-order valence-corrected chi connectivity index (χ0v) is 15.4. The Morgan fingerprint density at radius 3 is 2.39 bits per heavy atom. The van der Waals surface area contributed by atoms with E-state index in [0.29, 0.717) is 18.9 Å². The molecular weight excluding hydrogens is 372 g/mol. The van der Waals surface area contributed by atoms with Crippen LogP contribution < -0.4 is 10.6 Å². The number of carbonyl (C=O) groups excluding carboxylic acids is 1. The maximum absolute atomic E-state index is 14.0. The van der Waals surface area contributed by atoms with Crippen LogP contribution in [0.4, 0.5) is 28.9 Å². The van der Waals surface area contributed by atoms with Crippen LogP contribution in [0.2, 0.25) is 0 Å². The summed E-state index contributed by atoms with van der Waals surface area (Å²) in [5.74, 6) is -1.51. The number of benzene rings is 2. The van der Waals surface area contributed by atoms with Crippen molar-refractivity contribution in [2.45, 2.75) is 37.8 Å². The minimum Gasteiger partial charge on any atom is -0.388 e. The van der Waals surface area contributed by atoms with Crippen molar-refractivity contribution in [3.63, 3.8) is 0 Å². The van der Waals surface area contributed by atoms with Gasteiger partial charge in [-0.2, -0.15) is 13.2 Å². The third-order valence-electron chi connectivity index (χ3n) is 5.27. The summed E-state index contributed by atoms with van der Waals surface area (Å²) in [6, 6.07) is 10.2. The van der Waals surface area contributed by atoms with Gasteiger partial charge in [-0.25, -0.2) is 4.39 Å². The fourth-order valence-electron chi connectivity index (χ4n) is 3.68. The van der Waals surface area contributed by atoms with Gasteiger partial charge in [-0.3, -0.25) is 4.79 Å². The minimum atomic E-state index is -4.62. The standard InChI is InChI=1S/C21H22F4N2O/c1-26-17-8-5-13(6-9-17)14-3-2-4-15(11-14)20(28)27-19-10-7-16(12-18(19)22)21(23,24)25/h5-10,12,14-15,26H,2-4,11H2,1H3,(H,27,28). The monoisotopic (exact) mass is 394 g/mol. The lowest BCUT2D eigenvalue weighted by atomic mass is 9.77. The van der Waals surface area contributed by atoms with E-state index >= 15 is 0 Å². The van der Waals surface area contributed by atoms with Crippen molar-refractivity contribution < 1.29 is 22.4 Å². The van der Waals surface area contributed by atoms with Crippen molar-refractivity contribution in [2.75, 3.05) is 17.7 Å². The van der Waals surface area contributed by atoms with Gasteiger partial charge in [-0.15, -0.1) is 0 Å². The van der Waals surface area contributed by atoms with E-state index < -0.39 is 17.6 Å². The highest BCUT2D eigenvalue weighted by Gasteiger charge is 2.32. The van der Waals surface area contributed by atoms with Gasteiger partial charge < -0.3 is 10.6 Å². The Labute approximate surface area is 161 Å². The quantitative estimate of drug-likeness (QED) is 0.644. The molecule has 2 N–H and O–H groups in total. The molecule has 2 unspecified atom stereocenters. The lowest BCUT2D eigenvalue weighted by Crippen LogP contribution is -2.28. The van der Waals surface area contributed by atoms with Crippen molar-refractivity contribution in [1.82, 2.24) is 0 Å². The predicted molar refractivity (Wildman–Crippen MR) is 101 cm³/mol. The summed E-state index contributed by atoms with van der Waals surface area (Å²) in [5, 5.41) is 5.52. The Bertz CT molecular complexity index is 833. The van der Waals surface area contributed by atoms with Crippen LogP contribution in [0.1, 0.15) is 42.7 Å². The van der Waals surface area contributed by atoms with E-state index in [1.54, 1.807) is 0 Å². The van der Waals surface area contributed by atoms with Crippen molar-refractivity contribution in [3.05, 3.63) is 59.4 Å². The molecule has 1 saturated carbocycles. The zero-order valence-electron chi connectivity index (χ0n) is 15.4. The summed E-state index contributed by atoms with van der Waals surface area (Å²) in [5.41, 5.74) is 0.855. The van der Waals surface area contributed by atoms with Gasteiger partial charge in [0.2, 0.25) is 5.91 Å². The molecule has 28 heavy (non-hydrogen) atoms. The van der Waals surface area contributed by atoms with Crippen LogP contribution in [0, 0.1) is 11.7 Å². The highest BCUT2D eigenvalue weighted by atomic mass is 19.4. The SMILES string of the molecule is CNc1ccc(C2CCCC(C(=O)Nc3ccc(C(F)(F)F)cc3F)C2)cc1. The van der Waals surface area contributed by atoms with Crippen LogP contribution in [0.3, 0.4) is 0 Å². The van der Waals surface area contributed by atoms with Gasteiger partial charge in [0.1, 0.15) is 5.82 Å². The van der Waals surface area contributed by atoms with E-state index in [4.69, 9.17) is 0 Å². The molecule has 1 fully saturated rings. The first kappa shape index (κ1) is 20.2. The summed E-state index contributed by atoms with van der Waals surface area (Å²) in [6.07, 6.45) is -1.47. The molecule has 0 saturated heterocycles. The van der Waals surface area contributed by atoms with E-state index in [-0.39, 0.29) is 23.4 Å². The van der Waals surface area contributed by atoms with Gasteiger partial charge in [-0.05, 0) is 61.1 Å². The molecule has 0 radical (unpaired) electrons. The molecule has 1 amide bonds. The van der Waals surface area contributed by atoms with Gasteiger partial charge in [0.15, 0.2) is 0 Å². The average Bonchev–Trinajstić information content (AvgIpc) is 2.69. The van der Waals surface area contributed by atoms with Gasteiger partial charge in [0.25, 0.3) is 0 Å². The maximum Gasteiger partial charge on any atom is 0.416 e. The summed E-state index contributed by atoms with van der Waals surface area (Å²) in [7, 11) is 1.84. The number of carbonyl (C=O) groups is 1. The number of anilines is 2. The molecule has 0 aromatic heterocycles. The smallest absolute Gasteiger partial charge is 0.388 e. The second-order valence-electron chi connectivity index (χ2n) is 7.11. The van der Waals surface area contributed by atoms with Gasteiger partial charge in [0, 0.05) is 18.7 Å². The Hall–Kier alpha value is -2.57. The number of hydrogen-bond acceptors (Lipinski definition) is 2. The second kappa shape index (κ2) is 8.20. The number of nitrogens with one attached hydrogen (secondary N) is 2. The van der Waals surface area contributed by atoms with E-state index in [2.05, 4.69) is 10.6 Å². The highest BCUT2D eigenvalue weighted by Crippen LogP contribution is 2.37.